The molecule has 0 bridgehead atoms. The molecule has 1 amide bonds. The van der Waals surface area contributed by atoms with Gasteiger partial charge in [0, 0.05) is 5.02 Å². The monoisotopic (exact) mass is 319 g/mol. The van der Waals surface area contributed by atoms with Crippen LogP contribution < -0.4 is 5.32 Å². The lowest BCUT2D eigenvalue weighted by atomic mass is 10.1. The quantitative estimate of drug-likeness (QED) is 0.800. The Hall–Kier alpha value is -1.45. The minimum absolute atomic E-state index is 0.0652. The Labute approximate surface area is 135 Å². The van der Waals surface area contributed by atoms with E-state index in [-0.39, 0.29) is 17.2 Å². The van der Waals surface area contributed by atoms with E-state index in [1.54, 1.807) is 0 Å². The molecule has 1 N–H and O–H groups in total. The molecule has 2 nitrogen and oxygen atoms in total. The van der Waals surface area contributed by atoms with Gasteiger partial charge in [0.2, 0.25) is 5.91 Å². The zero-order valence-electron chi connectivity index (χ0n) is 11.8. The minimum Gasteiger partial charge on any atom is -0.349 e. The molecule has 2 atom stereocenters. The molecule has 0 heterocycles. The Morgan fingerprint density at radius 2 is 1.76 bits per heavy atom. The van der Waals surface area contributed by atoms with E-state index in [4.69, 9.17) is 11.6 Å². The first kappa shape index (κ1) is 15.9. The number of carbonyl (C=O) groups excluding carboxylic acids is 1. The number of benzene rings is 2. The molecule has 0 radical (unpaired) electrons. The second kappa shape index (κ2) is 7.53. The summed E-state index contributed by atoms with van der Waals surface area (Å²) in [6.07, 6.45) is 0.614. The molecule has 0 saturated carbocycles. The number of hydrogen-bond donors (Lipinski definition) is 2. The minimum atomic E-state index is -0.359. The van der Waals surface area contributed by atoms with Gasteiger partial charge in [0.1, 0.15) is 0 Å². The van der Waals surface area contributed by atoms with E-state index in [0.717, 1.165) is 11.1 Å². The predicted octanol–water partition coefficient (Wildman–Crippen LogP) is 4.06. The molecule has 0 aliphatic rings. The number of rotatable bonds is 5. The molecule has 110 valence electrons. The Balaban J connectivity index is 1.92. The van der Waals surface area contributed by atoms with Crippen molar-refractivity contribution in [2.45, 2.75) is 24.6 Å². The molecule has 21 heavy (non-hydrogen) atoms. The van der Waals surface area contributed by atoms with Crippen LogP contribution in [0.15, 0.2) is 54.6 Å². The maximum Gasteiger partial charge on any atom is 0.233 e. The summed E-state index contributed by atoms with van der Waals surface area (Å²) in [6.45, 7) is 1.95. The number of amides is 1. The van der Waals surface area contributed by atoms with E-state index in [0.29, 0.717) is 11.4 Å². The molecular formula is C17H18ClNOS. The number of thiol groups is 1. The van der Waals surface area contributed by atoms with E-state index < -0.39 is 0 Å². The van der Waals surface area contributed by atoms with Crippen LogP contribution in [-0.4, -0.2) is 11.2 Å². The van der Waals surface area contributed by atoms with Gasteiger partial charge in [0.15, 0.2) is 0 Å². The maximum absolute atomic E-state index is 12.2. The van der Waals surface area contributed by atoms with Gasteiger partial charge in [0.25, 0.3) is 0 Å². The Kier molecular flexibility index (Phi) is 5.71. The van der Waals surface area contributed by atoms with Crippen LogP contribution in [0.5, 0.6) is 0 Å². The summed E-state index contributed by atoms with van der Waals surface area (Å²) in [5.74, 6) is -0.0652. The summed E-state index contributed by atoms with van der Waals surface area (Å²) >= 11 is 10.3. The SMILES string of the molecule is CC(NC(=O)C(S)Cc1ccccc1)c1ccc(Cl)cc1. The first-order valence-corrected chi connectivity index (χ1v) is 7.73. The third kappa shape index (κ3) is 4.80. The van der Waals surface area contributed by atoms with Gasteiger partial charge in [-0.05, 0) is 36.6 Å². The average molecular weight is 320 g/mol. The van der Waals surface area contributed by atoms with E-state index in [2.05, 4.69) is 17.9 Å². The maximum atomic E-state index is 12.2. The first-order valence-electron chi connectivity index (χ1n) is 6.84. The lowest BCUT2D eigenvalue weighted by molar-refractivity contribution is -0.121. The Bertz CT molecular complexity index is 585. The molecule has 2 aromatic carbocycles. The van der Waals surface area contributed by atoms with Gasteiger partial charge in [0.05, 0.1) is 11.3 Å². The highest BCUT2D eigenvalue weighted by molar-refractivity contribution is 7.81. The van der Waals surface area contributed by atoms with Gasteiger partial charge in [-0.15, -0.1) is 0 Å². The molecule has 0 aromatic heterocycles. The standard InChI is InChI=1S/C17H18ClNOS/c1-12(14-7-9-15(18)10-8-14)19-17(20)16(21)11-13-5-3-2-4-6-13/h2-10,12,16,21H,11H2,1H3,(H,19,20). The van der Waals surface area contributed by atoms with Gasteiger partial charge in [-0.2, -0.15) is 12.6 Å². The number of carbonyl (C=O) groups is 1. The van der Waals surface area contributed by atoms with Crippen molar-refractivity contribution in [3.05, 3.63) is 70.7 Å². The van der Waals surface area contributed by atoms with Crippen LogP contribution in [-0.2, 0) is 11.2 Å². The fourth-order valence-electron chi connectivity index (χ4n) is 2.07. The molecule has 2 unspecified atom stereocenters. The van der Waals surface area contributed by atoms with Crippen LogP contribution >= 0.6 is 24.2 Å². The Morgan fingerprint density at radius 1 is 1.14 bits per heavy atom. The summed E-state index contributed by atoms with van der Waals surface area (Å²) in [6, 6.07) is 17.3. The fourth-order valence-corrected chi connectivity index (χ4v) is 2.49. The van der Waals surface area contributed by atoms with Crippen molar-refractivity contribution >= 4 is 30.1 Å². The molecular weight excluding hydrogens is 302 g/mol. The van der Waals surface area contributed by atoms with Crippen molar-refractivity contribution < 1.29 is 4.79 Å². The number of hydrogen-bond acceptors (Lipinski definition) is 2. The van der Waals surface area contributed by atoms with Crippen LogP contribution in [0.2, 0.25) is 5.02 Å². The molecule has 0 aliphatic heterocycles. The first-order chi connectivity index (χ1) is 10.1. The van der Waals surface area contributed by atoms with Gasteiger partial charge < -0.3 is 5.32 Å². The van der Waals surface area contributed by atoms with Crippen molar-refractivity contribution in [1.82, 2.24) is 5.32 Å². The van der Waals surface area contributed by atoms with Crippen LogP contribution in [0.1, 0.15) is 24.1 Å². The summed E-state index contributed by atoms with van der Waals surface area (Å²) in [4.78, 5) is 12.2. The topological polar surface area (TPSA) is 29.1 Å². The molecule has 0 saturated heterocycles. The normalized spacial score (nSPS) is 13.5. The highest BCUT2D eigenvalue weighted by Gasteiger charge is 2.17. The van der Waals surface area contributed by atoms with E-state index >= 15 is 0 Å². The third-order valence-corrected chi connectivity index (χ3v) is 3.97. The smallest absolute Gasteiger partial charge is 0.233 e. The predicted molar refractivity (Wildman–Crippen MR) is 90.9 cm³/mol. The van der Waals surface area contributed by atoms with E-state index in [1.807, 2.05) is 61.5 Å². The lowest BCUT2D eigenvalue weighted by Crippen LogP contribution is -2.34. The Morgan fingerprint density at radius 3 is 2.38 bits per heavy atom. The molecule has 2 rings (SSSR count). The number of halogens is 1. The molecule has 0 spiro atoms. The average Bonchev–Trinajstić information content (AvgIpc) is 2.48. The summed E-state index contributed by atoms with van der Waals surface area (Å²) < 4.78 is 0. The summed E-state index contributed by atoms with van der Waals surface area (Å²) in [7, 11) is 0. The second-order valence-corrected chi connectivity index (χ2v) is 6.05. The van der Waals surface area contributed by atoms with Crippen molar-refractivity contribution in [3.63, 3.8) is 0 Å². The lowest BCUT2D eigenvalue weighted by Gasteiger charge is -2.17. The van der Waals surface area contributed by atoms with Crippen LogP contribution in [0.4, 0.5) is 0 Å². The summed E-state index contributed by atoms with van der Waals surface area (Å²) in [5.41, 5.74) is 2.12. The summed E-state index contributed by atoms with van der Waals surface area (Å²) in [5, 5.41) is 3.31. The van der Waals surface area contributed by atoms with Crippen molar-refractivity contribution in [1.29, 1.82) is 0 Å². The highest BCUT2D eigenvalue weighted by atomic mass is 35.5. The number of nitrogens with one attached hydrogen (secondary N) is 1. The molecule has 0 fully saturated rings. The zero-order chi connectivity index (χ0) is 15.2. The van der Waals surface area contributed by atoms with E-state index in [9.17, 15) is 4.79 Å². The van der Waals surface area contributed by atoms with Crippen molar-refractivity contribution in [3.8, 4) is 0 Å². The highest BCUT2D eigenvalue weighted by Crippen LogP contribution is 2.17. The molecule has 2 aromatic rings. The van der Waals surface area contributed by atoms with Crippen LogP contribution in [0.3, 0.4) is 0 Å². The fraction of sp³-hybridized carbons (Fsp3) is 0.235. The van der Waals surface area contributed by atoms with Crippen LogP contribution in [0.25, 0.3) is 0 Å². The largest absolute Gasteiger partial charge is 0.349 e. The van der Waals surface area contributed by atoms with Gasteiger partial charge in [-0.1, -0.05) is 54.1 Å². The molecule has 0 aliphatic carbocycles. The van der Waals surface area contributed by atoms with Gasteiger partial charge in [-0.25, -0.2) is 0 Å². The van der Waals surface area contributed by atoms with Gasteiger partial charge >= 0.3 is 0 Å². The van der Waals surface area contributed by atoms with E-state index in [1.165, 1.54) is 0 Å². The van der Waals surface area contributed by atoms with Crippen LogP contribution in [0, 0.1) is 0 Å². The van der Waals surface area contributed by atoms with Crippen molar-refractivity contribution in [2.24, 2.45) is 0 Å². The zero-order valence-corrected chi connectivity index (χ0v) is 13.4. The van der Waals surface area contributed by atoms with Gasteiger partial charge in [-0.3, -0.25) is 4.79 Å². The molecule has 4 heteroatoms. The third-order valence-electron chi connectivity index (χ3n) is 3.30. The van der Waals surface area contributed by atoms with Crippen molar-refractivity contribution in [2.75, 3.05) is 0 Å². The second-order valence-electron chi connectivity index (χ2n) is 4.99.